The van der Waals surface area contributed by atoms with Gasteiger partial charge in [0, 0.05) is 26.0 Å². The zero-order chi connectivity index (χ0) is 12.4. The van der Waals surface area contributed by atoms with E-state index in [1.165, 1.54) is 0 Å². The molecule has 0 aromatic heterocycles. The predicted molar refractivity (Wildman–Crippen MR) is 71.7 cm³/mol. The number of ether oxygens (including phenoxy) is 1. The van der Waals surface area contributed by atoms with Crippen molar-refractivity contribution in [2.75, 3.05) is 39.3 Å². The fraction of sp³-hybridized carbons (Fsp3) is 0.900. The number of nitrogens with one attached hydrogen (secondary N) is 1. The summed E-state index contributed by atoms with van der Waals surface area (Å²) in [6.07, 6.45) is 3.18. The van der Waals surface area contributed by atoms with Crippen molar-refractivity contribution in [1.82, 2.24) is 10.3 Å². The Kier molecular flexibility index (Phi) is 9.46. The lowest BCUT2D eigenvalue weighted by Gasteiger charge is -2.29. The molecule has 1 atom stereocenters. The molecule has 0 saturated carbocycles. The van der Waals surface area contributed by atoms with E-state index in [4.69, 9.17) is 10.6 Å². The summed E-state index contributed by atoms with van der Waals surface area (Å²) in [5.41, 5.74) is 2.65. The van der Waals surface area contributed by atoms with Crippen molar-refractivity contribution in [3.05, 3.63) is 0 Å². The molecule has 0 aromatic carbocycles. The maximum atomic E-state index is 5.47. The van der Waals surface area contributed by atoms with Crippen molar-refractivity contribution >= 4 is 17.7 Å². The van der Waals surface area contributed by atoms with Gasteiger partial charge >= 0.3 is 0 Å². The predicted octanol–water partition coefficient (Wildman–Crippen LogP) is 0.526. The van der Waals surface area contributed by atoms with Gasteiger partial charge in [0.25, 0.3) is 0 Å². The molecule has 0 spiro atoms. The van der Waals surface area contributed by atoms with Crippen LogP contribution in [0.3, 0.4) is 0 Å². The first-order valence-electron chi connectivity index (χ1n) is 5.42. The van der Waals surface area contributed by atoms with Crippen LogP contribution >= 0.6 is 11.8 Å². The molecule has 0 bridgehead atoms. The molecule has 0 aliphatic carbocycles. The van der Waals surface area contributed by atoms with Crippen LogP contribution in [0.25, 0.3) is 0 Å². The van der Waals surface area contributed by atoms with Gasteiger partial charge in [-0.15, -0.1) is 0 Å². The molecule has 5 nitrogen and oxygen atoms in total. The highest BCUT2D eigenvalue weighted by molar-refractivity contribution is 7.98. The van der Waals surface area contributed by atoms with E-state index in [0.717, 1.165) is 18.1 Å². The molecular weight excluding hydrogens is 224 g/mol. The Hall–Kier alpha value is -0.460. The van der Waals surface area contributed by atoms with Gasteiger partial charge in [0.1, 0.15) is 0 Å². The van der Waals surface area contributed by atoms with Crippen molar-refractivity contribution in [1.29, 1.82) is 0 Å². The first-order chi connectivity index (χ1) is 7.71. The Balaban J connectivity index is 4.35. The molecule has 0 aliphatic rings. The highest BCUT2D eigenvalue weighted by Crippen LogP contribution is 2.08. The molecule has 0 fully saturated rings. The number of aliphatic imine (C=N–C) groups is 1. The molecule has 1 unspecified atom stereocenters. The van der Waals surface area contributed by atoms with E-state index in [2.05, 4.69) is 28.5 Å². The molecule has 0 saturated heterocycles. The van der Waals surface area contributed by atoms with E-state index in [1.54, 1.807) is 7.11 Å². The third kappa shape index (κ3) is 5.58. The monoisotopic (exact) mass is 248 g/mol. The first kappa shape index (κ1) is 15.5. The van der Waals surface area contributed by atoms with Crippen LogP contribution in [0.5, 0.6) is 0 Å². The molecule has 0 heterocycles. The average Bonchev–Trinajstić information content (AvgIpc) is 2.31. The Labute approximate surface area is 103 Å². The molecule has 16 heavy (non-hydrogen) atoms. The van der Waals surface area contributed by atoms with Gasteiger partial charge in [-0.2, -0.15) is 11.8 Å². The highest BCUT2D eigenvalue weighted by Gasteiger charge is 2.15. The van der Waals surface area contributed by atoms with Crippen molar-refractivity contribution < 1.29 is 4.74 Å². The van der Waals surface area contributed by atoms with Crippen molar-refractivity contribution in [2.24, 2.45) is 10.8 Å². The Bertz CT molecular complexity index is 201. The highest BCUT2D eigenvalue weighted by atomic mass is 32.2. The molecule has 0 aromatic rings. The fourth-order valence-corrected chi connectivity index (χ4v) is 2.21. The second kappa shape index (κ2) is 9.74. The maximum absolute atomic E-state index is 5.47. The smallest absolute Gasteiger partial charge is 0.208 e. The largest absolute Gasteiger partial charge is 0.383 e. The van der Waals surface area contributed by atoms with Gasteiger partial charge in [0.2, 0.25) is 5.96 Å². The summed E-state index contributed by atoms with van der Waals surface area (Å²) < 4.78 is 4.95. The SMILES string of the molecule is CCC(CSC)N(C)C(=NCCOC)NN. The number of hydrogen-bond donors (Lipinski definition) is 2. The van der Waals surface area contributed by atoms with Crippen LogP contribution in [0.4, 0.5) is 0 Å². The van der Waals surface area contributed by atoms with Gasteiger partial charge in [-0.1, -0.05) is 6.92 Å². The summed E-state index contributed by atoms with van der Waals surface area (Å²) >= 11 is 1.83. The molecular formula is C10H24N4OS. The zero-order valence-corrected chi connectivity index (χ0v) is 11.5. The molecule has 0 radical (unpaired) electrons. The second-order valence-corrected chi connectivity index (χ2v) is 4.38. The lowest BCUT2D eigenvalue weighted by molar-refractivity contribution is 0.207. The van der Waals surface area contributed by atoms with Crippen LogP contribution in [0, 0.1) is 0 Å². The lowest BCUT2D eigenvalue weighted by atomic mass is 10.2. The van der Waals surface area contributed by atoms with Gasteiger partial charge in [-0.3, -0.25) is 5.43 Å². The summed E-state index contributed by atoms with van der Waals surface area (Å²) in [6.45, 7) is 3.40. The number of nitrogens with two attached hydrogens (primary N) is 1. The number of thioether (sulfide) groups is 1. The summed E-state index contributed by atoms with van der Waals surface area (Å²) in [5.74, 6) is 7.26. The van der Waals surface area contributed by atoms with E-state index in [-0.39, 0.29) is 0 Å². The Morgan fingerprint density at radius 1 is 1.62 bits per heavy atom. The lowest BCUT2D eigenvalue weighted by Crippen LogP contribution is -2.48. The standard InChI is InChI=1S/C10H24N4OS/c1-5-9(8-16-4)14(2)10(13-11)12-6-7-15-3/h9H,5-8,11H2,1-4H3,(H,12,13). The van der Waals surface area contributed by atoms with E-state index < -0.39 is 0 Å². The van der Waals surface area contributed by atoms with Crippen LogP contribution in [0.1, 0.15) is 13.3 Å². The third-order valence-electron chi connectivity index (χ3n) is 2.40. The maximum Gasteiger partial charge on any atom is 0.208 e. The Morgan fingerprint density at radius 2 is 2.31 bits per heavy atom. The molecule has 3 N–H and O–H groups in total. The number of hydrazine groups is 1. The summed E-state index contributed by atoms with van der Waals surface area (Å²) in [6, 6.07) is 0.451. The Morgan fingerprint density at radius 3 is 2.75 bits per heavy atom. The van der Waals surface area contributed by atoms with Gasteiger partial charge in [-0.25, -0.2) is 10.8 Å². The number of methoxy groups -OCH3 is 1. The van der Waals surface area contributed by atoms with Crippen LogP contribution < -0.4 is 11.3 Å². The minimum absolute atomic E-state index is 0.451. The summed E-state index contributed by atoms with van der Waals surface area (Å²) in [4.78, 5) is 6.44. The fourth-order valence-electron chi connectivity index (χ4n) is 1.37. The van der Waals surface area contributed by atoms with E-state index in [1.807, 2.05) is 18.8 Å². The number of rotatable bonds is 7. The minimum atomic E-state index is 0.451. The van der Waals surface area contributed by atoms with Gasteiger partial charge in [0.05, 0.1) is 13.2 Å². The normalized spacial score (nSPS) is 13.7. The topological polar surface area (TPSA) is 62.9 Å². The molecule has 0 aliphatic heterocycles. The number of guanidine groups is 1. The minimum Gasteiger partial charge on any atom is -0.383 e. The van der Waals surface area contributed by atoms with Crippen molar-refractivity contribution in [3.8, 4) is 0 Å². The van der Waals surface area contributed by atoms with Gasteiger partial charge in [0.15, 0.2) is 0 Å². The van der Waals surface area contributed by atoms with Crippen LogP contribution in [-0.2, 0) is 4.74 Å². The van der Waals surface area contributed by atoms with Crippen molar-refractivity contribution in [3.63, 3.8) is 0 Å². The zero-order valence-electron chi connectivity index (χ0n) is 10.7. The summed E-state index contributed by atoms with van der Waals surface area (Å²) in [5, 5.41) is 0. The van der Waals surface area contributed by atoms with Crippen molar-refractivity contribution in [2.45, 2.75) is 19.4 Å². The van der Waals surface area contributed by atoms with E-state index in [0.29, 0.717) is 19.2 Å². The summed E-state index contributed by atoms with van der Waals surface area (Å²) in [7, 11) is 3.67. The van der Waals surface area contributed by atoms with Crippen LogP contribution in [0.2, 0.25) is 0 Å². The van der Waals surface area contributed by atoms with Gasteiger partial charge < -0.3 is 9.64 Å². The third-order valence-corrected chi connectivity index (χ3v) is 3.12. The first-order valence-corrected chi connectivity index (χ1v) is 6.82. The quantitative estimate of drug-likeness (QED) is 0.226. The number of nitrogens with zero attached hydrogens (tertiary/aromatic N) is 2. The number of hydrogen-bond acceptors (Lipinski definition) is 4. The van der Waals surface area contributed by atoms with Crippen LogP contribution in [0.15, 0.2) is 4.99 Å². The second-order valence-electron chi connectivity index (χ2n) is 3.47. The molecule has 0 amide bonds. The molecule has 96 valence electrons. The van der Waals surface area contributed by atoms with Crippen LogP contribution in [-0.4, -0.2) is 56.2 Å². The average molecular weight is 248 g/mol. The van der Waals surface area contributed by atoms with E-state index >= 15 is 0 Å². The van der Waals surface area contributed by atoms with E-state index in [9.17, 15) is 0 Å². The molecule has 6 heteroatoms. The van der Waals surface area contributed by atoms with Gasteiger partial charge in [-0.05, 0) is 12.7 Å². The molecule has 0 rings (SSSR count).